The summed E-state index contributed by atoms with van der Waals surface area (Å²) >= 11 is 0. The van der Waals surface area contributed by atoms with Gasteiger partial charge in [-0.25, -0.2) is 4.39 Å². The van der Waals surface area contributed by atoms with Gasteiger partial charge in [-0.05, 0) is 68.9 Å². The van der Waals surface area contributed by atoms with Crippen molar-refractivity contribution in [3.8, 4) is 0 Å². The first-order chi connectivity index (χ1) is 10.2. The lowest BCUT2D eigenvalue weighted by Crippen LogP contribution is -2.40. The van der Waals surface area contributed by atoms with Crippen LogP contribution in [0.15, 0.2) is 24.3 Å². The van der Waals surface area contributed by atoms with Crippen LogP contribution in [0.2, 0.25) is 0 Å². The van der Waals surface area contributed by atoms with Crippen LogP contribution in [0.5, 0.6) is 0 Å². The van der Waals surface area contributed by atoms with Gasteiger partial charge in [-0.2, -0.15) is 0 Å². The van der Waals surface area contributed by atoms with Crippen LogP contribution < -0.4 is 5.32 Å². The third-order valence-electron chi connectivity index (χ3n) is 4.46. The van der Waals surface area contributed by atoms with Gasteiger partial charge in [0.15, 0.2) is 0 Å². The van der Waals surface area contributed by atoms with Gasteiger partial charge in [0.1, 0.15) is 5.82 Å². The molecule has 2 nitrogen and oxygen atoms in total. The Morgan fingerprint density at radius 3 is 2.86 bits per heavy atom. The summed E-state index contributed by atoms with van der Waals surface area (Å²) in [6.07, 6.45) is 4.77. The predicted octanol–water partition coefficient (Wildman–Crippen LogP) is 3.99. The Kier molecular flexibility index (Phi) is 6.65. The molecule has 21 heavy (non-hydrogen) atoms. The van der Waals surface area contributed by atoms with E-state index in [2.05, 4.69) is 30.1 Å². The Bertz CT molecular complexity index is 415. The normalized spacial score (nSPS) is 20.7. The lowest BCUT2D eigenvalue weighted by atomic mass is 9.96. The van der Waals surface area contributed by atoms with E-state index in [1.54, 1.807) is 6.07 Å². The number of rotatable bonds is 7. The lowest BCUT2D eigenvalue weighted by molar-refractivity contribution is 0.149. The number of nitrogens with zero attached hydrogens (tertiary/aromatic N) is 1. The number of halogens is 1. The molecule has 0 amide bonds. The molecule has 1 aromatic carbocycles. The Hall–Kier alpha value is -0.930. The first-order valence-electron chi connectivity index (χ1n) is 8.44. The average Bonchev–Trinajstić information content (AvgIpc) is 2.49. The van der Waals surface area contributed by atoms with Gasteiger partial charge < -0.3 is 5.32 Å². The van der Waals surface area contributed by atoms with Gasteiger partial charge in [0, 0.05) is 12.6 Å². The van der Waals surface area contributed by atoms with Crippen LogP contribution >= 0.6 is 0 Å². The molecule has 0 saturated carbocycles. The van der Waals surface area contributed by atoms with Crippen LogP contribution in [0, 0.1) is 11.7 Å². The van der Waals surface area contributed by atoms with Crippen molar-refractivity contribution in [1.82, 2.24) is 10.2 Å². The molecule has 0 aromatic heterocycles. The van der Waals surface area contributed by atoms with E-state index < -0.39 is 0 Å². The fourth-order valence-electron chi connectivity index (χ4n) is 3.49. The van der Waals surface area contributed by atoms with E-state index in [9.17, 15) is 4.39 Å². The zero-order valence-electron chi connectivity index (χ0n) is 13.4. The molecule has 118 valence electrons. The highest BCUT2D eigenvalue weighted by atomic mass is 19.1. The third-order valence-corrected chi connectivity index (χ3v) is 4.46. The Morgan fingerprint density at radius 2 is 2.24 bits per heavy atom. The Labute approximate surface area is 128 Å². The second kappa shape index (κ2) is 8.50. The van der Waals surface area contributed by atoms with E-state index >= 15 is 0 Å². The van der Waals surface area contributed by atoms with Crippen LogP contribution in [-0.4, -0.2) is 31.1 Å². The number of piperidine rings is 1. The molecule has 0 aliphatic carbocycles. The van der Waals surface area contributed by atoms with Gasteiger partial charge in [0.05, 0.1) is 0 Å². The molecule has 1 saturated heterocycles. The van der Waals surface area contributed by atoms with Gasteiger partial charge >= 0.3 is 0 Å². The molecule has 0 bridgehead atoms. The summed E-state index contributed by atoms with van der Waals surface area (Å²) in [6, 6.07) is 7.47. The molecule has 1 aromatic rings. The Balaban J connectivity index is 2.09. The van der Waals surface area contributed by atoms with Crippen molar-refractivity contribution in [1.29, 1.82) is 0 Å². The van der Waals surface area contributed by atoms with Gasteiger partial charge in [-0.15, -0.1) is 0 Å². The number of hydrogen-bond acceptors (Lipinski definition) is 2. The van der Waals surface area contributed by atoms with Gasteiger partial charge in [0.2, 0.25) is 0 Å². The van der Waals surface area contributed by atoms with Gasteiger partial charge in [-0.3, -0.25) is 4.90 Å². The summed E-state index contributed by atoms with van der Waals surface area (Å²) in [5.41, 5.74) is 1.12. The molecule has 1 fully saturated rings. The van der Waals surface area contributed by atoms with Crippen molar-refractivity contribution in [3.05, 3.63) is 35.6 Å². The summed E-state index contributed by atoms with van der Waals surface area (Å²) in [4.78, 5) is 2.56. The fourth-order valence-corrected chi connectivity index (χ4v) is 3.49. The maximum atomic E-state index is 13.5. The molecular weight excluding hydrogens is 263 g/mol. The smallest absolute Gasteiger partial charge is 0.123 e. The minimum absolute atomic E-state index is 0.123. The molecular formula is C18H29FN2. The molecule has 1 N–H and O–H groups in total. The van der Waals surface area contributed by atoms with Crippen molar-refractivity contribution in [2.24, 2.45) is 5.92 Å². The van der Waals surface area contributed by atoms with E-state index in [4.69, 9.17) is 0 Å². The first-order valence-corrected chi connectivity index (χ1v) is 8.44. The molecule has 1 aliphatic heterocycles. The molecule has 0 spiro atoms. The monoisotopic (exact) mass is 292 g/mol. The average molecular weight is 292 g/mol. The van der Waals surface area contributed by atoms with Crippen LogP contribution in [-0.2, 0) is 0 Å². The second-order valence-electron chi connectivity index (χ2n) is 6.19. The number of benzene rings is 1. The van der Waals surface area contributed by atoms with Gasteiger partial charge in [0.25, 0.3) is 0 Å². The molecule has 2 rings (SSSR count). The van der Waals surface area contributed by atoms with Crippen LogP contribution in [0.4, 0.5) is 4.39 Å². The summed E-state index contributed by atoms with van der Waals surface area (Å²) in [7, 11) is 0. The lowest BCUT2D eigenvalue weighted by Gasteiger charge is -2.35. The molecule has 0 radical (unpaired) electrons. The largest absolute Gasteiger partial charge is 0.316 e. The summed E-state index contributed by atoms with van der Waals surface area (Å²) in [5, 5.41) is 3.50. The molecule has 1 aliphatic rings. The SMILES string of the molecule is CCCN(CC1CCCNC1)C(CC)c1cccc(F)c1. The highest BCUT2D eigenvalue weighted by Crippen LogP contribution is 2.27. The van der Waals surface area contributed by atoms with E-state index in [0.29, 0.717) is 6.04 Å². The van der Waals surface area contributed by atoms with Crippen LogP contribution in [0.25, 0.3) is 0 Å². The molecule has 1 heterocycles. The standard InChI is InChI=1S/C18H29FN2/c1-3-11-21(14-15-7-6-10-20-13-15)18(4-2)16-8-5-9-17(19)12-16/h5,8-9,12,15,18,20H,3-4,6-7,10-11,13-14H2,1-2H3. The quantitative estimate of drug-likeness (QED) is 0.817. The van der Waals surface area contributed by atoms with Gasteiger partial charge in [-0.1, -0.05) is 26.0 Å². The topological polar surface area (TPSA) is 15.3 Å². The predicted molar refractivity (Wildman–Crippen MR) is 86.9 cm³/mol. The number of hydrogen-bond donors (Lipinski definition) is 1. The van der Waals surface area contributed by atoms with Crippen molar-refractivity contribution < 1.29 is 4.39 Å². The maximum Gasteiger partial charge on any atom is 0.123 e. The van der Waals surface area contributed by atoms with Crippen molar-refractivity contribution >= 4 is 0 Å². The zero-order valence-corrected chi connectivity index (χ0v) is 13.4. The molecule has 3 heteroatoms. The number of nitrogens with one attached hydrogen (secondary N) is 1. The fraction of sp³-hybridized carbons (Fsp3) is 0.667. The van der Waals surface area contributed by atoms with Crippen LogP contribution in [0.3, 0.4) is 0 Å². The molecule has 2 atom stereocenters. The second-order valence-corrected chi connectivity index (χ2v) is 6.19. The minimum atomic E-state index is -0.123. The van der Waals surface area contributed by atoms with Crippen molar-refractivity contribution in [2.45, 2.75) is 45.6 Å². The summed E-state index contributed by atoms with van der Waals surface area (Å²) in [5.74, 6) is 0.606. The zero-order chi connectivity index (χ0) is 15.1. The van der Waals surface area contributed by atoms with E-state index in [-0.39, 0.29) is 5.82 Å². The van der Waals surface area contributed by atoms with Crippen molar-refractivity contribution in [2.75, 3.05) is 26.2 Å². The highest BCUT2D eigenvalue weighted by molar-refractivity contribution is 5.20. The van der Waals surface area contributed by atoms with E-state index in [1.165, 1.54) is 18.9 Å². The van der Waals surface area contributed by atoms with E-state index in [0.717, 1.165) is 50.5 Å². The first kappa shape index (κ1) is 16.4. The Morgan fingerprint density at radius 1 is 1.38 bits per heavy atom. The maximum absolute atomic E-state index is 13.5. The summed E-state index contributed by atoms with van der Waals surface area (Å²) in [6.45, 7) is 8.92. The van der Waals surface area contributed by atoms with Crippen molar-refractivity contribution in [3.63, 3.8) is 0 Å². The molecule has 2 unspecified atom stereocenters. The van der Waals surface area contributed by atoms with Crippen LogP contribution in [0.1, 0.15) is 51.1 Å². The summed E-state index contributed by atoms with van der Waals surface area (Å²) < 4.78 is 13.5. The minimum Gasteiger partial charge on any atom is -0.316 e. The van der Waals surface area contributed by atoms with E-state index in [1.807, 2.05) is 6.07 Å². The third kappa shape index (κ3) is 4.79. The highest BCUT2D eigenvalue weighted by Gasteiger charge is 2.23.